The lowest BCUT2D eigenvalue weighted by molar-refractivity contribution is -0.414. The molecule has 0 aromatic rings. The van der Waals surface area contributed by atoms with Crippen LogP contribution in [0.2, 0.25) is 0 Å². The Hall–Kier alpha value is -5.34. The van der Waals surface area contributed by atoms with E-state index in [-0.39, 0.29) is 46.3 Å². The van der Waals surface area contributed by atoms with Gasteiger partial charge in [-0.1, -0.05) is 50.3 Å². The number of allylic oxidation sites excluding steroid dienone is 6. The van der Waals surface area contributed by atoms with E-state index in [0.717, 1.165) is 0 Å². The van der Waals surface area contributed by atoms with Crippen molar-refractivity contribution >= 4 is 35.8 Å². The van der Waals surface area contributed by atoms with Crippen molar-refractivity contribution in [3.05, 3.63) is 69.9 Å². The van der Waals surface area contributed by atoms with Gasteiger partial charge >= 0.3 is 35.8 Å². The molecule has 0 amide bonds. The molecular formula is C56H82O27. The van der Waals surface area contributed by atoms with Crippen molar-refractivity contribution in [1.29, 1.82) is 0 Å². The van der Waals surface area contributed by atoms with Crippen LogP contribution in [-0.2, 0) is 90.3 Å². The summed E-state index contributed by atoms with van der Waals surface area (Å²) in [5.74, 6) is -5.60. The van der Waals surface area contributed by atoms with Crippen LogP contribution in [0.5, 0.6) is 0 Å². The summed E-state index contributed by atoms with van der Waals surface area (Å²) in [5.41, 5.74) is 0.670. The van der Waals surface area contributed by atoms with Gasteiger partial charge in [-0.25, -0.2) is 28.8 Å². The maximum absolute atomic E-state index is 13.6. The van der Waals surface area contributed by atoms with Gasteiger partial charge in [0, 0.05) is 33.4 Å². The quantitative estimate of drug-likeness (QED) is 0.0362. The van der Waals surface area contributed by atoms with E-state index in [0.29, 0.717) is 0 Å². The molecule has 4 saturated heterocycles. The van der Waals surface area contributed by atoms with Gasteiger partial charge in [-0.3, -0.25) is 0 Å². The molecule has 4 fully saturated rings. The molecule has 0 saturated carbocycles. The van der Waals surface area contributed by atoms with E-state index in [1.54, 1.807) is 41.5 Å². The molecule has 0 aromatic heterocycles. The number of esters is 6. The van der Waals surface area contributed by atoms with Crippen LogP contribution in [0, 0.1) is 0 Å². The Morgan fingerprint density at radius 3 is 0.976 bits per heavy atom. The fraction of sp³-hybridized carbons (Fsp3) is 0.679. The second-order valence-electron chi connectivity index (χ2n) is 19.7. The van der Waals surface area contributed by atoms with Crippen molar-refractivity contribution in [1.82, 2.24) is 0 Å². The molecule has 0 aromatic carbocycles. The fourth-order valence-electron chi connectivity index (χ4n) is 8.68. The maximum atomic E-state index is 13.6. The molecule has 20 atom stereocenters. The molecule has 4 heterocycles. The molecule has 4 aliphatic rings. The standard InChI is InChI=1S/C56H82O27/c1-13-25(9)47(65)71-23-33-35(59)37(61)45(81-53-39(63)43(79-50(68)28(12)16-4)41(31(21-57)73-53)77-49(67)27(11)15-3)55(75-33)83-56-46(38(62)36(60)34(76-56)24-72-48(66)26(10)14-2)82-54-40(64)44(80-52(70)30(19-7)20-8)42(32(22-58)74-54)78-51(69)29(17-5)18-6/h13-17,19,31-46,53-64H,18,20-24H2,1-12H3. The summed E-state index contributed by atoms with van der Waals surface area (Å²) in [6.45, 7) is 14.7. The van der Waals surface area contributed by atoms with Gasteiger partial charge in [-0.05, 0) is 82.1 Å². The first-order valence-electron chi connectivity index (χ1n) is 27.2. The van der Waals surface area contributed by atoms with E-state index in [9.17, 15) is 69.6 Å². The number of carbonyl (C=O) groups is 6. The van der Waals surface area contributed by atoms with Gasteiger partial charge in [0.1, 0.15) is 86.5 Å². The molecule has 0 bridgehead atoms. The van der Waals surface area contributed by atoms with Gasteiger partial charge < -0.3 is 102 Å². The SMILES string of the molecule is CC=C(C)C(=O)OCC1OC(OC2OC(COC(=O)C(C)=CC)C(O)C(O)C2OC2OC(CO)C(OC(=O)C(=CC)CC)C(OC(=O)C(=CC)CC)C2O)C(OC2OC(CO)C(OC(=O)C(C)=CC)C(OC(=O)C(C)=CC)C2O)C(O)C1O. The molecule has 4 aliphatic heterocycles. The fourth-order valence-corrected chi connectivity index (χ4v) is 8.68. The molecule has 27 heteroatoms. The highest BCUT2D eigenvalue weighted by atomic mass is 16.8. The number of hydrogen-bond acceptors (Lipinski definition) is 27. The zero-order chi connectivity index (χ0) is 62.2. The molecule has 20 unspecified atom stereocenters. The summed E-state index contributed by atoms with van der Waals surface area (Å²) in [6.07, 6.45) is -31.0. The van der Waals surface area contributed by atoms with Crippen molar-refractivity contribution in [3.8, 4) is 0 Å². The zero-order valence-electron chi connectivity index (χ0n) is 48.6. The van der Waals surface area contributed by atoms with Crippen molar-refractivity contribution in [3.63, 3.8) is 0 Å². The monoisotopic (exact) mass is 1190 g/mol. The Balaban J connectivity index is 1.89. The Morgan fingerprint density at radius 2 is 0.663 bits per heavy atom. The number of carbonyl (C=O) groups excluding carboxylic acids is 6. The van der Waals surface area contributed by atoms with Gasteiger partial charge in [0.2, 0.25) is 0 Å². The molecule has 0 aliphatic carbocycles. The van der Waals surface area contributed by atoms with E-state index < -0.39 is 185 Å². The minimum absolute atomic E-state index is 0.0362. The Kier molecular flexibility index (Phi) is 27.7. The second-order valence-corrected chi connectivity index (χ2v) is 19.7. The summed E-state index contributed by atoms with van der Waals surface area (Å²) in [5, 5.41) is 92.8. The topological polar surface area (TPSA) is 384 Å². The van der Waals surface area contributed by atoms with Crippen LogP contribution < -0.4 is 0 Å². The Bertz CT molecular complexity index is 2410. The second kappa shape index (κ2) is 32.8. The summed E-state index contributed by atoms with van der Waals surface area (Å²) in [4.78, 5) is 79.2. The number of aliphatic hydroxyl groups is 8. The number of ether oxygens (including phenoxy) is 13. The van der Waals surface area contributed by atoms with Crippen LogP contribution >= 0.6 is 0 Å². The van der Waals surface area contributed by atoms with E-state index in [2.05, 4.69) is 0 Å². The van der Waals surface area contributed by atoms with Crippen LogP contribution in [0.15, 0.2) is 69.9 Å². The van der Waals surface area contributed by atoms with Crippen molar-refractivity contribution in [2.75, 3.05) is 26.4 Å². The van der Waals surface area contributed by atoms with E-state index in [1.165, 1.54) is 78.0 Å². The smallest absolute Gasteiger partial charge is 0.334 e. The molecule has 8 N–H and O–H groups in total. The maximum Gasteiger partial charge on any atom is 0.334 e. The summed E-state index contributed by atoms with van der Waals surface area (Å²) in [6, 6.07) is 0. The number of hydrogen-bond donors (Lipinski definition) is 8. The van der Waals surface area contributed by atoms with Crippen LogP contribution in [0.4, 0.5) is 0 Å². The third kappa shape index (κ3) is 17.4. The highest BCUT2D eigenvalue weighted by Crippen LogP contribution is 2.37. The molecule has 0 radical (unpaired) electrons. The van der Waals surface area contributed by atoms with E-state index in [4.69, 9.17) is 61.6 Å². The summed E-state index contributed by atoms with van der Waals surface area (Å²) in [7, 11) is 0. The Morgan fingerprint density at radius 1 is 0.361 bits per heavy atom. The highest BCUT2D eigenvalue weighted by molar-refractivity contribution is 5.90. The number of rotatable bonds is 24. The lowest BCUT2D eigenvalue weighted by atomic mass is 9.96. The lowest BCUT2D eigenvalue weighted by Gasteiger charge is -2.49. The average molecular weight is 1190 g/mol. The third-order valence-corrected chi connectivity index (χ3v) is 14.5. The molecule has 27 nitrogen and oxygen atoms in total. The predicted molar refractivity (Wildman–Crippen MR) is 283 cm³/mol. The third-order valence-electron chi connectivity index (χ3n) is 14.5. The normalized spacial score (nSPS) is 35.0. The van der Waals surface area contributed by atoms with Gasteiger partial charge in [-0.2, -0.15) is 0 Å². The minimum Gasteiger partial charge on any atom is -0.459 e. The van der Waals surface area contributed by atoms with Crippen LogP contribution in [0.1, 0.15) is 95.9 Å². The van der Waals surface area contributed by atoms with Gasteiger partial charge in [0.15, 0.2) is 49.6 Å². The molecular weight excluding hydrogens is 1100 g/mol. The average Bonchev–Trinajstić information content (AvgIpc) is 3.48. The zero-order valence-corrected chi connectivity index (χ0v) is 48.6. The molecule has 468 valence electrons. The molecule has 4 rings (SSSR count). The van der Waals surface area contributed by atoms with Crippen molar-refractivity contribution < 1.29 is 131 Å². The van der Waals surface area contributed by atoms with Crippen LogP contribution in [-0.4, -0.2) is 226 Å². The minimum atomic E-state index is -2.23. The van der Waals surface area contributed by atoms with E-state index >= 15 is 0 Å². The largest absolute Gasteiger partial charge is 0.459 e. The van der Waals surface area contributed by atoms with E-state index in [1.807, 2.05) is 0 Å². The van der Waals surface area contributed by atoms with Crippen molar-refractivity contribution in [2.24, 2.45) is 0 Å². The van der Waals surface area contributed by atoms with Gasteiger partial charge in [0.25, 0.3) is 0 Å². The van der Waals surface area contributed by atoms with Gasteiger partial charge in [-0.15, -0.1) is 0 Å². The van der Waals surface area contributed by atoms with Crippen molar-refractivity contribution in [2.45, 2.75) is 219 Å². The first kappa shape index (κ1) is 70.1. The lowest BCUT2D eigenvalue weighted by Crippen LogP contribution is -2.68. The predicted octanol–water partition coefficient (Wildman–Crippen LogP) is 0.134. The first-order valence-corrected chi connectivity index (χ1v) is 27.2. The highest BCUT2D eigenvalue weighted by Gasteiger charge is 2.58. The summed E-state index contributed by atoms with van der Waals surface area (Å²) >= 11 is 0. The van der Waals surface area contributed by atoms with Gasteiger partial charge in [0.05, 0.1) is 13.2 Å². The van der Waals surface area contributed by atoms with Crippen LogP contribution in [0.3, 0.4) is 0 Å². The molecule has 0 spiro atoms. The molecule has 83 heavy (non-hydrogen) atoms. The first-order chi connectivity index (χ1) is 39.3. The van der Waals surface area contributed by atoms with Crippen LogP contribution in [0.25, 0.3) is 0 Å². The number of aliphatic hydroxyl groups excluding tert-OH is 8. The Labute approximate surface area is 480 Å². The summed E-state index contributed by atoms with van der Waals surface area (Å²) < 4.78 is 76.4.